The SMILES string of the molecule is CC1C(N)CCN(CCCC(F)(F)F)C1C. The van der Waals surface area contributed by atoms with Gasteiger partial charge in [-0.25, -0.2) is 0 Å². The second-order valence-electron chi connectivity index (χ2n) is 4.81. The van der Waals surface area contributed by atoms with E-state index in [2.05, 4.69) is 18.7 Å². The number of halogens is 3. The van der Waals surface area contributed by atoms with Crippen LogP contribution in [0.4, 0.5) is 13.2 Å². The third-order valence-electron chi connectivity index (χ3n) is 3.67. The summed E-state index contributed by atoms with van der Waals surface area (Å²) in [5.74, 6) is 0.361. The Hall–Kier alpha value is -0.290. The predicted octanol–water partition coefficient (Wildman–Crippen LogP) is 2.39. The number of likely N-dealkylation sites (tertiary alicyclic amines) is 1. The van der Waals surface area contributed by atoms with E-state index in [9.17, 15) is 13.2 Å². The number of nitrogens with zero attached hydrogens (tertiary/aromatic N) is 1. The van der Waals surface area contributed by atoms with Crippen LogP contribution in [0.15, 0.2) is 0 Å². The zero-order valence-electron chi connectivity index (χ0n) is 9.93. The van der Waals surface area contributed by atoms with E-state index in [4.69, 9.17) is 5.73 Å². The molecule has 3 unspecified atom stereocenters. The summed E-state index contributed by atoms with van der Waals surface area (Å²) in [7, 11) is 0. The first-order valence-corrected chi connectivity index (χ1v) is 5.87. The number of nitrogens with two attached hydrogens (primary N) is 1. The van der Waals surface area contributed by atoms with Gasteiger partial charge in [0.15, 0.2) is 0 Å². The van der Waals surface area contributed by atoms with Crippen LogP contribution in [0.5, 0.6) is 0 Å². The lowest BCUT2D eigenvalue weighted by molar-refractivity contribution is -0.136. The highest BCUT2D eigenvalue weighted by molar-refractivity contribution is 4.86. The zero-order valence-corrected chi connectivity index (χ0v) is 9.93. The third-order valence-corrected chi connectivity index (χ3v) is 3.67. The highest BCUT2D eigenvalue weighted by Gasteiger charge is 2.31. The largest absolute Gasteiger partial charge is 0.389 e. The van der Waals surface area contributed by atoms with E-state index in [-0.39, 0.29) is 18.5 Å². The van der Waals surface area contributed by atoms with Crippen molar-refractivity contribution in [2.75, 3.05) is 13.1 Å². The number of piperidine rings is 1. The predicted molar refractivity (Wildman–Crippen MR) is 58.1 cm³/mol. The number of alkyl halides is 3. The smallest absolute Gasteiger partial charge is 0.327 e. The number of rotatable bonds is 3. The average molecular weight is 238 g/mol. The molecule has 3 atom stereocenters. The van der Waals surface area contributed by atoms with Crippen molar-refractivity contribution in [3.8, 4) is 0 Å². The van der Waals surface area contributed by atoms with Crippen LogP contribution in [0.2, 0.25) is 0 Å². The van der Waals surface area contributed by atoms with Gasteiger partial charge in [0.05, 0.1) is 0 Å². The lowest BCUT2D eigenvalue weighted by Gasteiger charge is -2.41. The molecule has 0 aromatic heterocycles. The van der Waals surface area contributed by atoms with E-state index in [1.54, 1.807) is 0 Å². The van der Waals surface area contributed by atoms with Crippen LogP contribution in [-0.4, -0.2) is 36.2 Å². The maximum atomic E-state index is 12.0. The lowest BCUT2D eigenvalue weighted by atomic mass is 9.87. The molecular weight excluding hydrogens is 217 g/mol. The molecule has 0 amide bonds. The molecule has 1 rings (SSSR count). The third kappa shape index (κ3) is 3.94. The van der Waals surface area contributed by atoms with E-state index in [0.29, 0.717) is 12.5 Å². The van der Waals surface area contributed by atoms with Crippen LogP contribution >= 0.6 is 0 Å². The van der Waals surface area contributed by atoms with Crippen LogP contribution < -0.4 is 5.73 Å². The first-order valence-electron chi connectivity index (χ1n) is 5.87. The molecule has 96 valence electrons. The van der Waals surface area contributed by atoms with Gasteiger partial charge in [-0.2, -0.15) is 13.2 Å². The van der Waals surface area contributed by atoms with Crippen molar-refractivity contribution in [3.63, 3.8) is 0 Å². The van der Waals surface area contributed by atoms with Crippen molar-refractivity contribution in [2.24, 2.45) is 11.7 Å². The molecule has 5 heteroatoms. The van der Waals surface area contributed by atoms with E-state index in [1.165, 1.54) is 0 Å². The average Bonchev–Trinajstić information content (AvgIpc) is 2.16. The summed E-state index contributed by atoms with van der Waals surface area (Å²) in [6, 6.07) is 0.478. The van der Waals surface area contributed by atoms with Gasteiger partial charge in [-0.1, -0.05) is 6.92 Å². The molecule has 1 heterocycles. The van der Waals surface area contributed by atoms with E-state index >= 15 is 0 Å². The van der Waals surface area contributed by atoms with Crippen LogP contribution in [-0.2, 0) is 0 Å². The first-order chi connectivity index (χ1) is 7.31. The summed E-state index contributed by atoms with van der Waals surface area (Å²) in [5, 5.41) is 0. The Kier molecular flexibility index (Phi) is 4.62. The van der Waals surface area contributed by atoms with Gasteiger partial charge >= 0.3 is 6.18 Å². The molecule has 1 aliphatic heterocycles. The van der Waals surface area contributed by atoms with E-state index < -0.39 is 12.6 Å². The van der Waals surface area contributed by atoms with Gasteiger partial charge in [-0.05, 0) is 38.8 Å². The van der Waals surface area contributed by atoms with Gasteiger partial charge in [0.25, 0.3) is 0 Å². The number of hydrogen-bond donors (Lipinski definition) is 1. The minimum absolute atomic E-state index is 0.189. The van der Waals surface area contributed by atoms with Crippen LogP contribution in [0.3, 0.4) is 0 Å². The molecule has 0 aliphatic carbocycles. The molecule has 2 N–H and O–H groups in total. The molecule has 0 bridgehead atoms. The van der Waals surface area contributed by atoms with Crippen molar-refractivity contribution in [1.29, 1.82) is 0 Å². The Bertz CT molecular complexity index is 218. The fraction of sp³-hybridized carbons (Fsp3) is 1.00. The quantitative estimate of drug-likeness (QED) is 0.818. The normalized spacial score (nSPS) is 33.0. The van der Waals surface area contributed by atoms with Crippen LogP contribution in [0, 0.1) is 5.92 Å². The topological polar surface area (TPSA) is 29.3 Å². The van der Waals surface area contributed by atoms with Gasteiger partial charge in [-0.3, -0.25) is 0 Å². The molecule has 1 fully saturated rings. The minimum Gasteiger partial charge on any atom is -0.327 e. The highest BCUT2D eigenvalue weighted by atomic mass is 19.4. The maximum Gasteiger partial charge on any atom is 0.389 e. The molecule has 16 heavy (non-hydrogen) atoms. The molecule has 0 saturated carbocycles. The van der Waals surface area contributed by atoms with Gasteiger partial charge in [0.1, 0.15) is 0 Å². The summed E-state index contributed by atoms with van der Waals surface area (Å²) in [6.45, 7) is 5.48. The second kappa shape index (κ2) is 5.36. The molecule has 0 radical (unpaired) electrons. The van der Waals surface area contributed by atoms with Crippen molar-refractivity contribution in [2.45, 2.75) is 51.4 Å². The maximum absolute atomic E-state index is 12.0. The van der Waals surface area contributed by atoms with Crippen molar-refractivity contribution < 1.29 is 13.2 Å². The lowest BCUT2D eigenvalue weighted by Crippen LogP contribution is -2.51. The van der Waals surface area contributed by atoms with E-state index in [0.717, 1.165) is 13.0 Å². The molecule has 0 aromatic carbocycles. The fourth-order valence-electron chi connectivity index (χ4n) is 2.27. The number of hydrogen-bond acceptors (Lipinski definition) is 2. The Morgan fingerprint density at radius 3 is 2.50 bits per heavy atom. The summed E-state index contributed by atoms with van der Waals surface area (Å²) >= 11 is 0. The Labute approximate surface area is 95.0 Å². The van der Waals surface area contributed by atoms with Crippen LogP contribution in [0.25, 0.3) is 0 Å². The Balaban J connectivity index is 2.32. The highest BCUT2D eigenvalue weighted by Crippen LogP contribution is 2.25. The molecule has 1 aliphatic rings. The molecule has 0 spiro atoms. The Morgan fingerprint density at radius 2 is 1.94 bits per heavy atom. The van der Waals surface area contributed by atoms with Crippen molar-refractivity contribution in [3.05, 3.63) is 0 Å². The molecule has 2 nitrogen and oxygen atoms in total. The molecule has 1 saturated heterocycles. The standard InChI is InChI=1S/C11H21F3N2/c1-8-9(2)16(7-4-10(8)15)6-3-5-11(12,13)14/h8-10H,3-7,15H2,1-2H3. The van der Waals surface area contributed by atoms with Gasteiger partial charge in [-0.15, -0.1) is 0 Å². The van der Waals surface area contributed by atoms with Gasteiger partial charge < -0.3 is 10.6 Å². The van der Waals surface area contributed by atoms with Crippen molar-refractivity contribution >= 4 is 0 Å². The minimum atomic E-state index is -4.03. The van der Waals surface area contributed by atoms with Crippen LogP contribution in [0.1, 0.15) is 33.1 Å². The summed E-state index contributed by atoms with van der Waals surface area (Å²) < 4.78 is 36.0. The molecule has 0 aromatic rings. The monoisotopic (exact) mass is 238 g/mol. The summed E-state index contributed by atoms with van der Waals surface area (Å²) in [5.41, 5.74) is 5.92. The van der Waals surface area contributed by atoms with Gasteiger partial charge in [0, 0.05) is 18.5 Å². The Morgan fingerprint density at radius 1 is 1.31 bits per heavy atom. The van der Waals surface area contributed by atoms with E-state index in [1.807, 2.05) is 0 Å². The second-order valence-corrected chi connectivity index (χ2v) is 4.81. The molecular formula is C11H21F3N2. The van der Waals surface area contributed by atoms with Crippen molar-refractivity contribution in [1.82, 2.24) is 4.90 Å². The zero-order chi connectivity index (χ0) is 12.3. The van der Waals surface area contributed by atoms with Gasteiger partial charge in [0.2, 0.25) is 0 Å². The fourth-order valence-corrected chi connectivity index (χ4v) is 2.27. The first kappa shape index (κ1) is 13.8. The summed E-state index contributed by atoms with van der Waals surface area (Å²) in [6.07, 6.45) is -3.63. The summed E-state index contributed by atoms with van der Waals surface area (Å²) in [4.78, 5) is 2.12.